The Kier molecular flexibility index (Phi) is 8.50. The van der Waals surface area contributed by atoms with Gasteiger partial charge in [-0.3, -0.25) is 9.80 Å². The maximum atomic E-state index is 5.93. The number of rotatable bonds is 8. The molecule has 0 N–H and O–H groups in total. The molecule has 2 nitrogen and oxygen atoms in total. The summed E-state index contributed by atoms with van der Waals surface area (Å²) in [4.78, 5) is 7.75. The summed E-state index contributed by atoms with van der Waals surface area (Å²) >= 11 is 15.7. The molecule has 0 aliphatic carbocycles. The van der Waals surface area contributed by atoms with Crippen LogP contribution in [0.3, 0.4) is 0 Å². The SMILES string of the molecule is Clc1ccc(SCCN2CCN(CCSc3ccc(Cl)cc3)CC2)cc1. The van der Waals surface area contributed by atoms with Crippen LogP contribution in [0.2, 0.25) is 10.0 Å². The fourth-order valence-corrected chi connectivity index (χ4v) is 4.96. The first kappa shape index (κ1) is 20.4. The van der Waals surface area contributed by atoms with Crippen LogP contribution < -0.4 is 0 Å². The molecule has 1 fully saturated rings. The van der Waals surface area contributed by atoms with E-state index in [1.54, 1.807) is 0 Å². The Labute approximate surface area is 175 Å². The number of halogens is 2. The van der Waals surface area contributed by atoms with E-state index in [2.05, 4.69) is 34.1 Å². The Hall–Kier alpha value is -0.360. The van der Waals surface area contributed by atoms with E-state index in [-0.39, 0.29) is 0 Å². The molecule has 3 rings (SSSR count). The molecule has 0 unspecified atom stereocenters. The molecule has 0 radical (unpaired) electrons. The zero-order chi connectivity index (χ0) is 18.2. The van der Waals surface area contributed by atoms with Crippen molar-refractivity contribution in [3.8, 4) is 0 Å². The Morgan fingerprint density at radius 1 is 0.615 bits per heavy atom. The molecule has 0 saturated carbocycles. The predicted molar refractivity (Wildman–Crippen MR) is 117 cm³/mol. The van der Waals surface area contributed by atoms with Crippen LogP contribution >= 0.6 is 46.7 Å². The lowest BCUT2D eigenvalue weighted by Crippen LogP contribution is -2.47. The first-order chi connectivity index (χ1) is 12.7. The van der Waals surface area contributed by atoms with E-state index in [4.69, 9.17) is 23.2 Å². The molecule has 26 heavy (non-hydrogen) atoms. The second-order valence-electron chi connectivity index (χ2n) is 6.29. The summed E-state index contributed by atoms with van der Waals surface area (Å²) in [5, 5.41) is 1.61. The Balaban J connectivity index is 1.27. The van der Waals surface area contributed by atoms with Crippen LogP contribution in [0.25, 0.3) is 0 Å². The van der Waals surface area contributed by atoms with E-state index in [1.807, 2.05) is 47.8 Å². The molecule has 1 aliphatic heterocycles. The van der Waals surface area contributed by atoms with E-state index in [9.17, 15) is 0 Å². The van der Waals surface area contributed by atoms with Crippen LogP contribution in [0.4, 0.5) is 0 Å². The molecule has 2 aromatic carbocycles. The van der Waals surface area contributed by atoms with Gasteiger partial charge >= 0.3 is 0 Å². The minimum Gasteiger partial charge on any atom is -0.300 e. The summed E-state index contributed by atoms with van der Waals surface area (Å²) in [7, 11) is 0. The smallest absolute Gasteiger partial charge is 0.0406 e. The van der Waals surface area contributed by atoms with Crippen LogP contribution in [0.5, 0.6) is 0 Å². The summed E-state index contributed by atoms with van der Waals surface area (Å²) in [5.74, 6) is 2.27. The topological polar surface area (TPSA) is 6.48 Å². The third kappa shape index (κ3) is 6.99. The summed E-state index contributed by atoms with van der Waals surface area (Å²) in [6.07, 6.45) is 0. The van der Waals surface area contributed by atoms with Gasteiger partial charge in [0, 0.05) is 70.6 Å². The van der Waals surface area contributed by atoms with E-state index in [1.165, 1.54) is 36.0 Å². The molecule has 2 aromatic rings. The molecule has 140 valence electrons. The van der Waals surface area contributed by atoms with Gasteiger partial charge in [0.25, 0.3) is 0 Å². The molecule has 0 atom stereocenters. The average Bonchev–Trinajstić information content (AvgIpc) is 2.66. The predicted octanol–water partition coefficient (Wildman–Crippen LogP) is 5.50. The minimum absolute atomic E-state index is 0.805. The van der Waals surface area contributed by atoms with Gasteiger partial charge in [-0.05, 0) is 48.5 Å². The second kappa shape index (κ2) is 10.8. The van der Waals surface area contributed by atoms with Gasteiger partial charge in [-0.2, -0.15) is 0 Å². The lowest BCUT2D eigenvalue weighted by Gasteiger charge is -2.34. The summed E-state index contributed by atoms with van der Waals surface area (Å²) < 4.78 is 0. The van der Waals surface area contributed by atoms with E-state index < -0.39 is 0 Å². The zero-order valence-electron chi connectivity index (χ0n) is 14.7. The molecule has 0 bridgehead atoms. The fourth-order valence-electron chi connectivity index (χ4n) is 2.88. The average molecular weight is 427 g/mol. The highest BCUT2D eigenvalue weighted by atomic mass is 35.5. The van der Waals surface area contributed by atoms with Gasteiger partial charge in [-0.15, -0.1) is 23.5 Å². The van der Waals surface area contributed by atoms with Gasteiger partial charge in [-0.1, -0.05) is 23.2 Å². The van der Waals surface area contributed by atoms with Crippen LogP contribution in [-0.4, -0.2) is 60.6 Å². The number of nitrogens with zero attached hydrogens (tertiary/aromatic N) is 2. The van der Waals surface area contributed by atoms with Crippen molar-refractivity contribution in [1.29, 1.82) is 0 Å². The lowest BCUT2D eigenvalue weighted by atomic mass is 10.3. The van der Waals surface area contributed by atoms with Crippen molar-refractivity contribution >= 4 is 46.7 Å². The van der Waals surface area contributed by atoms with Gasteiger partial charge in [0.05, 0.1) is 0 Å². The molecule has 6 heteroatoms. The molecule has 0 aromatic heterocycles. The standard InChI is InChI=1S/C20H24Cl2N2S2/c21-17-1-5-19(6-2-17)25-15-13-23-9-11-24(12-10-23)14-16-26-20-7-3-18(22)4-8-20/h1-8H,9-16H2. The Morgan fingerprint density at radius 3 is 1.31 bits per heavy atom. The zero-order valence-corrected chi connectivity index (χ0v) is 17.9. The fraction of sp³-hybridized carbons (Fsp3) is 0.400. The number of hydrogen-bond acceptors (Lipinski definition) is 4. The van der Waals surface area contributed by atoms with Crippen LogP contribution in [0.15, 0.2) is 58.3 Å². The number of hydrogen-bond donors (Lipinski definition) is 0. The molecule has 0 amide bonds. The van der Waals surface area contributed by atoms with Crippen molar-refractivity contribution in [3.63, 3.8) is 0 Å². The maximum absolute atomic E-state index is 5.93. The largest absolute Gasteiger partial charge is 0.300 e. The highest BCUT2D eigenvalue weighted by Crippen LogP contribution is 2.21. The third-order valence-electron chi connectivity index (χ3n) is 4.44. The van der Waals surface area contributed by atoms with Gasteiger partial charge in [0.2, 0.25) is 0 Å². The van der Waals surface area contributed by atoms with Crippen molar-refractivity contribution in [1.82, 2.24) is 9.80 Å². The first-order valence-corrected chi connectivity index (χ1v) is 11.6. The Morgan fingerprint density at radius 2 is 0.962 bits per heavy atom. The normalized spacial score (nSPS) is 16.1. The van der Waals surface area contributed by atoms with Crippen molar-refractivity contribution in [2.24, 2.45) is 0 Å². The van der Waals surface area contributed by atoms with Crippen LogP contribution in [-0.2, 0) is 0 Å². The molecular weight excluding hydrogens is 403 g/mol. The van der Waals surface area contributed by atoms with Crippen molar-refractivity contribution in [2.45, 2.75) is 9.79 Å². The van der Waals surface area contributed by atoms with Gasteiger partial charge in [0.1, 0.15) is 0 Å². The summed E-state index contributed by atoms with van der Waals surface area (Å²) in [5.41, 5.74) is 0. The quantitative estimate of drug-likeness (QED) is 0.514. The van der Waals surface area contributed by atoms with Crippen molar-refractivity contribution < 1.29 is 0 Å². The maximum Gasteiger partial charge on any atom is 0.0406 e. The van der Waals surface area contributed by atoms with Crippen molar-refractivity contribution in [2.75, 3.05) is 50.8 Å². The van der Waals surface area contributed by atoms with Gasteiger partial charge < -0.3 is 0 Å². The lowest BCUT2D eigenvalue weighted by molar-refractivity contribution is 0.144. The highest BCUT2D eigenvalue weighted by Gasteiger charge is 2.16. The Bertz CT molecular complexity index is 597. The second-order valence-corrected chi connectivity index (χ2v) is 9.50. The minimum atomic E-state index is 0.805. The molecule has 1 saturated heterocycles. The summed E-state index contributed by atoms with van der Waals surface area (Å²) in [6, 6.07) is 16.3. The van der Waals surface area contributed by atoms with E-state index >= 15 is 0 Å². The van der Waals surface area contributed by atoms with Crippen LogP contribution in [0.1, 0.15) is 0 Å². The molecule has 1 heterocycles. The number of benzene rings is 2. The van der Waals surface area contributed by atoms with Crippen molar-refractivity contribution in [3.05, 3.63) is 58.6 Å². The van der Waals surface area contributed by atoms with Gasteiger partial charge in [0.15, 0.2) is 0 Å². The molecule has 1 aliphatic rings. The van der Waals surface area contributed by atoms with Gasteiger partial charge in [-0.25, -0.2) is 0 Å². The third-order valence-corrected chi connectivity index (χ3v) is 6.93. The van der Waals surface area contributed by atoms with E-state index in [0.717, 1.165) is 34.6 Å². The highest BCUT2D eigenvalue weighted by molar-refractivity contribution is 7.99. The number of piperazine rings is 1. The van der Waals surface area contributed by atoms with E-state index in [0.29, 0.717) is 0 Å². The number of thioether (sulfide) groups is 2. The summed E-state index contributed by atoms with van der Waals surface area (Å²) in [6.45, 7) is 7.00. The monoisotopic (exact) mass is 426 g/mol. The molecule has 0 spiro atoms. The first-order valence-electron chi connectivity index (χ1n) is 8.90. The molecular formula is C20H24Cl2N2S2. The van der Waals surface area contributed by atoms with Crippen LogP contribution in [0, 0.1) is 0 Å².